The molecule has 0 bridgehead atoms. The van der Waals surface area contributed by atoms with Gasteiger partial charge in [0.15, 0.2) is 5.76 Å². The SMILES string of the molecule is Nn1c(SCCCN2C(=O)c3ccccc3C2=O)nnc1-c1ccco1. The molecule has 0 atom stereocenters. The van der Waals surface area contributed by atoms with Gasteiger partial charge in [0.1, 0.15) is 0 Å². The van der Waals surface area contributed by atoms with Gasteiger partial charge in [-0.3, -0.25) is 14.5 Å². The molecule has 9 heteroatoms. The van der Waals surface area contributed by atoms with Crippen molar-refractivity contribution in [1.29, 1.82) is 0 Å². The number of carbonyl (C=O) groups is 2. The molecular weight excluding hydrogens is 354 g/mol. The van der Waals surface area contributed by atoms with Crippen molar-refractivity contribution in [2.45, 2.75) is 11.6 Å². The molecule has 0 radical (unpaired) electrons. The molecule has 2 aromatic heterocycles. The average Bonchev–Trinajstić information content (AvgIpc) is 3.35. The first-order valence-electron chi connectivity index (χ1n) is 7.99. The van der Waals surface area contributed by atoms with Gasteiger partial charge in [0.2, 0.25) is 11.0 Å². The van der Waals surface area contributed by atoms with Crippen molar-refractivity contribution in [2.24, 2.45) is 0 Å². The molecule has 1 aliphatic heterocycles. The summed E-state index contributed by atoms with van der Waals surface area (Å²) in [6.07, 6.45) is 2.16. The number of aromatic nitrogens is 3. The monoisotopic (exact) mass is 369 g/mol. The first-order chi connectivity index (χ1) is 12.7. The van der Waals surface area contributed by atoms with Gasteiger partial charge in [-0.1, -0.05) is 23.9 Å². The number of benzene rings is 1. The molecule has 1 aliphatic rings. The van der Waals surface area contributed by atoms with Gasteiger partial charge in [-0.15, -0.1) is 10.2 Å². The summed E-state index contributed by atoms with van der Waals surface area (Å²) in [7, 11) is 0. The number of carbonyl (C=O) groups excluding carboxylic acids is 2. The fourth-order valence-electron chi connectivity index (χ4n) is 2.78. The minimum Gasteiger partial charge on any atom is -0.461 e. The molecule has 2 N–H and O–H groups in total. The number of hydrogen-bond acceptors (Lipinski definition) is 7. The lowest BCUT2D eigenvalue weighted by atomic mass is 10.1. The van der Waals surface area contributed by atoms with Gasteiger partial charge in [-0.05, 0) is 30.7 Å². The predicted octanol–water partition coefficient (Wildman–Crippen LogP) is 2.03. The fraction of sp³-hybridized carbons (Fsp3) is 0.176. The molecule has 0 unspecified atom stereocenters. The number of furan rings is 1. The lowest BCUT2D eigenvalue weighted by Gasteiger charge is -2.13. The molecule has 1 aromatic carbocycles. The Balaban J connectivity index is 1.34. The second-order valence-corrected chi connectivity index (χ2v) is 6.73. The molecule has 26 heavy (non-hydrogen) atoms. The van der Waals surface area contributed by atoms with Gasteiger partial charge >= 0.3 is 0 Å². The van der Waals surface area contributed by atoms with Crippen LogP contribution in [0.3, 0.4) is 0 Å². The van der Waals surface area contributed by atoms with Gasteiger partial charge < -0.3 is 10.3 Å². The third-order valence-corrected chi connectivity index (χ3v) is 5.07. The van der Waals surface area contributed by atoms with E-state index in [-0.39, 0.29) is 11.8 Å². The van der Waals surface area contributed by atoms with Crippen LogP contribution in [0.15, 0.2) is 52.2 Å². The lowest BCUT2D eigenvalue weighted by Crippen LogP contribution is -2.31. The minimum atomic E-state index is -0.238. The van der Waals surface area contributed by atoms with E-state index in [1.54, 1.807) is 42.7 Å². The molecule has 0 saturated heterocycles. The first-order valence-corrected chi connectivity index (χ1v) is 8.98. The zero-order chi connectivity index (χ0) is 18.1. The van der Waals surface area contributed by atoms with Crippen LogP contribution in [0.5, 0.6) is 0 Å². The van der Waals surface area contributed by atoms with Crippen LogP contribution in [0.25, 0.3) is 11.6 Å². The molecule has 0 saturated carbocycles. The van der Waals surface area contributed by atoms with Crippen LogP contribution in [0.2, 0.25) is 0 Å². The van der Waals surface area contributed by atoms with Gasteiger partial charge in [0, 0.05) is 12.3 Å². The maximum Gasteiger partial charge on any atom is 0.261 e. The number of imide groups is 1. The number of amides is 2. The third-order valence-electron chi connectivity index (χ3n) is 4.04. The van der Waals surface area contributed by atoms with Crippen molar-refractivity contribution in [3.63, 3.8) is 0 Å². The van der Waals surface area contributed by atoms with Gasteiger partial charge in [0.25, 0.3) is 11.8 Å². The maximum absolute atomic E-state index is 12.3. The van der Waals surface area contributed by atoms with Crippen LogP contribution in [-0.4, -0.2) is 43.9 Å². The van der Waals surface area contributed by atoms with E-state index in [1.165, 1.54) is 21.3 Å². The summed E-state index contributed by atoms with van der Waals surface area (Å²) in [6, 6.07) is 10.4. The summed E-state index contributed by atoms with van der Waals surface area (Å²) in [5.41, 5.74) is 0.935. The Morgan fingerprint density at radius 2 is 1.77 bits per heavy atom. The Bertz CT molecular complexity index is 932. The summed E-state index contributed by atoms with van der Waals surface area (Å²) in [6.45, 7) is 0.350. The van der Waals surface area contributed by atoms with Crippen LogP contribution >= 0.6 is 11.8 Å². The quantitative estimate of drug-likeness (QED) is 0.306. The molecule has 0 aliphatic carbocycles. The molecule has 0 fully saturated rings. The second-order valence-electron chi connectivity index (χ2n) is 5.66. The largest absolute Gasteiger partial charge is 0.461 e. The van der Waals surface area contributed by atoms with Crippen molar-refractivity contribution in [3.05, 3.63) is 53.8 Å². The van der Waals surface area contributed by atoms with Gasteiger partial charge in [0.05, 0.1) is 17.4 Å². The predicted molar refractivity (Wildman–Crippen MR) is 95.0 cm³/mol. The third kappa shape index (κ3) is 2.76. The Kier molecular flexibility index (Phi) is 4.21. The van der Waals surface area contributed by atoms with E-state index in [0.717, 1.165) is 0 Å². The Hall–Kier alpha value is -3.07. The van der Waals surface area contributed by atoms with Crippen molar-refractivity contribution < 1.29 is 14.0 Å². The Labute approximate surface area is 153 Å². The first kappa shape index (κ1) is 16.4. The number of nitrogens with two attached hydrogens (primary N) is 1. The highest BCUT2D eigenvalue weighted by molar-refractivity contribution is 7.99. The topological polar surface area (TPSA) is 107 Å². The maximum atomic E-state index is 12.3. The molecule has 0 spiro atoms. The van der Waals surface area contributed by atoms with E-state index in [4.69, 9.17) is 10.3 Å². The van der Waals surface area contributed by atoms with Crippen molar-refractivity contribution in [1.82, 2.24) is 19.8 Å². The number of nitrogens with zero attached hydrogens (tertiary/aromatic N) is 4. The summed E-state index contributed by atoms with van der Waals surface area (Å²) in [5, 5.41) is 8.61. The van der Waals surface area contributed by atoms with Crippen molar-refractivity contribution in [2.75, 3.05) is 18.1 Å². The fourth-order valence-corrected chi connectivity index (χ4v) is 3.56. The van der Waals surface area contributed by atoms with E-state index in [0.29, 0.717) is 46.6 Å². The van der Waals surface area contributed by atoms with Crippen molar-refractivity contribution >= 4 is 23.6 Å². The summed E-state index contributed by atoms with van der Waals surface area (Å²) in [4.78, 5) is 25.9. The Morgan fingerprint density at radius 1 is 1.04 bits per heavy atom. The number of nitrogen functional groups attached to an aromatic ring is 1. The minimum absolute atomic E-state index is 0.238. The lowest BCUT2D eigenvalue weighted by molar-refractivity contribution is 0.0655. The molecule has 132 valence electrons. The van der Waals surface area contributed by atoms with Crippen LogP contribution in [0, 0.1) is 0 Å². The van der Waals surface area contributed by atoms with E-state index in [2.05, 4.69) is 10.2 Å². The van der Waals surface area contributed by atoms with Crippen LogP contribution < -0.4 is 5.84 Å². The highest BCUT2D eigenvalue weighted by atomic mass is 32.2. The number of rotatable bonds is 6. The van der Waals surface area contributed by atoms with Crippen molar-refractivity contribution in [3.8, 4) is 11.6 Å². The smallest absolute Gasteiger partial charge is 0.261 e. The zero-order valence-corrected chi connectivity index (χ0v) is 14.5. The van der Waals surface area contributed by atoms with E-state index >= 15 is 0 Å². The second kappa shape index (κ2) is 6.68. The standard InChI is InChI=1S/C17H15N5O3S/c18-22-14(13-7-3-9-25-13)19-20-17(22)26-10-4-8-21-15(23)11-5-1-2-6-12(11)16(21)24/h1-3,5-7,9H,4,8,10,18H2. The summed E-state index contributed by atoms with van der Waals surface area (Å²) >= 11 is 1.41. The van der Waals surface area contributed by atoms with E-state index < -0.39 is 0 Å². The molecular formula is C17H15N5O3S. The molecule has 3 aromatic rings. The number of hydrogen-bond donors (Lipinski definition) is 1. The molecule has 2 amide bonds. The highest BCUT2D eigenvalue weighted by Crippen LogP contribution is 2.24. The normalized spacial score (nSPS) is 13.5. The number of fused-ring (bicyclic) bond motifs is 1. The molecule has 3 heterocycles. The van der Waals surface area contributed by atoms with Crippen LogP contribution in [0.4, 0.5) is 0 Å². The highest BCUT2D eigenvalue weighted by Gasteiger charge is 2.34. The summed E-state index contributed by atoms with van der Waals surface area (Å²) < 4.78 is 6.63. The van der Waals surface area contributed by atoms with Crippen LogP contribution in [-0.2, 0) is 0 Å². The van der Waals surface area contributed by atoms with E-state index in [1.807, 2.05) is 0 Å². The molecule has 4 rings (SSSR count). The van der Waals surface area contributed by atoms with Gasteiger partial charge in [-0.2, -0.15) is 0 Å². The Morgan fingerprint density at radius 3 is 2.42 bits per heavy atom. The summed E-state index contributed by atoms with van der Waals surface area (Å²) in [5.74, 6) is 7.14. The average molecular weight is 369 g/mol. The van der Waals surface area contributed by atoms with E-state index in [9.17, 15) is 9.59 Å². The molecule has 8 nitrogen and oxygen atoms in total. The zero-order valence-electron chi connectivity index (χ0n) is 13.7. The number of thioether (sulfide) groups is 1. The van der Waals surface area contributed by atoms with Crippen LogP contribution in [0.1, 0.15) is 27.1 Å². The van der Waals surface area contributed by atoms with Gasteiger partial charge in [-0.25, -0.2) is 4.68 Å².